The van der Waals surface area contributed by atoms with E-state index < -0.39 is 0 Å². The zero-order valence-corrected chi connectivity index (χ0v) is 19.6. The molecule has 0 saturated heterocycles. The summed E-state index contributed by atoms with van der Waals surface area (Å²) in [7, 11) is 4.03. The minimum Gasteiger partial charge on any atom is -0.494 e. The van der Waals surface area contributed by atoms with Gasteiger partial charge in [0.25, 0.3) is 0 Å². The van der Waals surface area contributed by atoms with E-state index in [2.05, 4.69) is 48.3 Å². The first-order chi connectivity index (χ1) is 12.5. The van der Waals surface area contributed by atoms with E-state index in [-0.39, 0.29) is 24.0 Å². The van der Waals surface area contributed by atoms with E-state index in [1.807, 2.05) is 37.7 Å². The van der Waals surface area contributed by atoms with E-state index in [9.17, 15) is 0 Å². The molecule has 1 aromatic heterocycles. The van der Waals surface area contributed by atoms with Crippen molar-refractivity contribution < 1.29 is 4.74 Å². The summed E-state index contributed by atoms with van der Waals surface area (Å²) < 4.78 is 7.42. The second-order valence-electron chi connectivity index (χ2n) is 6.38. The number of rotatable bonds is 7. The summed E-state index contributed by atoms with van der Waals surface area (Å²) in [6, 6.07) is 8.22. The lowest BCUT2D eigenvalue weighted by Gasteiger charge is -2.22. The molecule has 0 aliphatic heterocycles. The number of benzene rings is 1. The SMILES string of the molecule is CCNC(=NCc1c(C)nn(C)c1C)N(C)Cc1ccc(OCC)cc1.I. The van der Waals surface area contributed by atoms with Gasteiger partial charge in [-0.1, -0.05) is 12.1 Å². The number of nitrogens with zero attached hydrogens (tertiary/aromatic N) is 4. The van der Waals surface area contributed by atoms with E-state index in [0.717, 1.165) is 36.2 Å². The maximum atomic E-state index is 5.51. The van der Waals surface area contributed by atoms with Crippen LogP contribution >= 0.6 is 24.0 Å². The third-order valence-corrected chi connectivity index (χ3v) is 4.40. The molecular weight excluding hydrogens is 453 g/mol. The van der Waals surface area contributed by atoms with Crippen LogP contribution in [0.3, 0.4) is 0 Å². The highest BCUT2D eigenvalue weighted by atomic mass is 127. The number of aromatic nitrogens is 2. The third-order valence-electron chi connectivity index (χ3n) is 4.40. The number of aliphatic imine (C=N–C) groups is 1. The minimum absolute atomic E-state index is 0. The van der Waals surface area contributed by atoms with Crippen LogP contribution < -0.4 is 10.1 Å². The second kappa shape index (κ2) is 11.2. The average molecular weight is 485 g/mol. The lowest BCUT2D eigenvalue weighted by molar-refractivity contribution is 0.340. The molecule has 0 bridgehead atoms. The van der Waals surface area contributed by atoms with Crippen LogP contribution in [-0.4, -0.2) is 40.8 Å². The zero-order chi connectivity index (χ0) is 19.1. The fourth-order valence-corrected chi connectivity index (χ4v) is 2.88. The standard InChI is InChI=1S/C20H31N5O.HI/c1-7-21-20(22-13-19-15(3)23-25(6)16(19)4)24(5)14-17-9-11-18(12-10-17)26-8-2;/h9-12H,7-8,13-14H2,1-6H3,(H,21,22);1H. The number of ether oxygens (including phenoxy) is 1. The normalized spacial score (nSPS) is 11.1. The van der Waals surface area contributed by atoms with Crippen LogP contribution in [0, 0.1) is 13.8 Å². The molecule has 7 heteroatoms. The van der Waals surface area contributed by atoms with Crippen molar-refractivity contribution in [1.82, 2.24) is 20.0 Å². The Kier molecular flexibility index (Phi) is 9.62. The molecule has 0 atom stereocenters. The maximum Gasteiger partial charge on any atom is 0.194 e. The van der Waals surface area contributed by atoms with Gasteiger partial charge in [-0.05, 0) is 45.4 Å². The van der Waals surface area contributed by atoms with Gasteiger partial charge in [-0.2, -0.15) is 5.10 Å². The first kappa shape index (κ1) is 23.3. The molecule has 0 unspecified atom stereocenters. The molecule has 2 rings (SSSR count). The number of halogens is 1. The highest BCUT2D eigenvalue weighted by Gasteiger charge is 2.11. The topological polar surface area (TPSA) is 54.7 Å². The van der Waals surface area contributed by atoms with Gasteiger partial charge in [0.15, 0.2) is 5.96 Å². The van der Waals surface area contributed by atoms with Crippen LogP contribution in [0.4, 0.5) is 0 Å². The van der Waals surface area contributed by atoms with Crippen molar-refractivity contribution >= 4 is 29.9 Å². The molecule has 0 spiro atoms. The predicted octanol–water partition coefficient (Wildman–Crippen LogP) is 3.65. The summed E-state index contributed by atoms with van der Waals surface area (Å²) in [6.45, 7) is 11.1. The molecule has 27 heavy (non-hydrogen) atoms. The first-order valence-corrected chi connectivity index (χ1v) is 9.16. The number of aryl methyl sites for hydroxylation is 2. The van der Waals surface area contributed by atoms with Gasteiger partial charge < -0.3 is 15.0 Å². The van der Waals surface area contributed by atoms with Gasteiger partial charge in [-0.3, -0.25) is 4.68 Å². The lowest BCUT2D eigenvalue weighted by Crippen LogP contribution is -2.38. The van der Waals surface area contributed by atoms with Crippen LogP contribution in [0.2, 0.25) is 0 Å². The summed E-state index contributed by atoms with van der Waals surface area (Å²) in [4.78, 5) is 6.95. The van der Waals surface area contributed by atoms with Crippen LogP contribution in [0.25, 0.3) is 0 Å². The van der Waals surface area contributed by atoms with E-state index in [1.165, 1.54) is 11.1 Å². The summed E-state index contributed by atoms with van der Waals surface area (Å²) >= 11 is 0. The van der Waals surface area contributed by atoms with Crippen molar-refractivity contribution in [3.05, 3.63) is 46.8 Å². The second-order valence-corrected chi connectivity index (χ2v) is 6.38. The first-order valence-electron chi connectivity index (χ1n) is 9.16. The Morgan fingerprint density at radius 1 is 1.22 bits per heavy atom. The van der Waals surface area contributed by atoms with Crippen LogP contribution in [-0.2, 0) is 20.1 Å². The summed E-state index contributed by atoms with van der Waals surface area (Å²) in [5.41, 5.74) is 4.61. The molecule has 6 nitrogen and oxygen atoms in total. The van der Waals surface area contributed by atoms with Crippen molar-refractivity contribution in [2.24, 2.45) is 12.0 Å². The van der Waals surface area contributed by atoms with E-state index in [1.54, 1.807) is 0 Å². The average Bonchev–Trinajstić information content (AvgIpc) is 2.86. The van der Waals surface area contributed by atoms with Gasteiger partial charge in [-0.25, -0.2) is 4.99 Å². The third kappa shape index (κ3) is 6.41. The Bertz CT molecular complexity index is 740. The molecule has 0 saturated carbocycles. The summed E-state index contributed by atoms with van der Waals surface area (Å²) in [5, 5.41) is 7.85. The van der Waals surface area contributed by atoms with Crippen LogP contribution in [0.15, 0.2) is 29.3 Å². The van der Waals surface area contributed by atoms with Crippen molar-refractivity contribution in [1.29, 1.82) is 0 Å². The molecule has 1 heterocycles. The van der Waals surface area contributed by atoms with Gasteiger partial charge in [0.1, 0.15) is 5.75 Å². The highest BCUT2D eigenvalue weighted by molar-refractivity contribution is 14.0. The Balaban J connectivity index is 0.00000364. The molecule has 0 aliphatic rings. The summed E-state index contributed by atoms with van der Waals surface area (Å²) in [6.07, 6.45) is 0. The Hall–Kier alpha value is -1.77. The molecular formula is C20H32IN5O. The van der Waals surface area contributed by atoms with Crippen molar-refractivity contribution in [2.45, 2.75) is 40.8 Å². The predicted molar refractivity (Wildman–Crippen MR) is 122 cm³/mol. The molecule has 1 N–H and O–H groups in total. The molecule has 0 aliphatic carbocycles. The molecule has 0 amide bonds. The van der Waals surface area contributed by atoms with Gasteiger partial charge in [-0.15, -0.1) is 24.0 Å². The van der Waals surface area contributed by atoms with E-state index >= 15 is 0 Å². The lowest BCUT2D eigenvalue weighted by atomic mass is 10.2. The minimum atomic E-state index is 0. The number of hydrogen-bond donors (Lipinski definition) is 1. The van der Waals surface area contributed by atoms with Gasteiger partial charge in [0, 0.05) is 38.4 Å². The van der Waals surface area contributed by atoms with E-state index in [4.69, 9.17) is 9.73 Å². The van der Waals surface area contributed by atoms with Gasteiger partial charge in [0.2, 0.25) is 0 Å². The van der Waals surface area contributed by atoms with Gasteiger partial charge >= 0.3 is 0 Å². The van der Waals surface area contributed by atoms with Crippen LogP contribution in [0.1, 0.15) is 36.4 Å². The fraction of sp³-hybridized carbons (Fsp3) is 0.500. The van der Waals surface area contributed by atoms with Gasteiger partial charge in [0.05, 0.1) is 18.8 Å². The molecule has 150 valence electrons. The van der Waals surface area contributed by atoms with Crippen molar-refractivity contribution in [3.8, 4) is 5.75 Å². The smallest absolute Gasteiger partial charge is 0.194 e. The number of hydrogen-bond acceptors (Lipinski definition) is 3. The molecule has 1 aromatic carbocycles. The quantitative estimate of drug-likeness (QED) is 0.370. The highest BCUT2D eigenvalue weighted by Crippen LogP contribution is 2.15. The Labute approximate surface area is 180 Å². The zero-order valence-electron chi connectivity index (χ0n) is 17.2. The van der Waals surface area contributed by atoms with E-state index in [0.29, 0.717) is 13.2 Å². The monoisotopic (exact) mass is 485 g/mol. The number of guanidine groups is 1. The number of nitrogens with one attached hydrogen (secondary N) is 1. The van der Waals surface area contributed by atoms with Crippen LogP contribution in [0.5, 0.6) is 5.75 Å². The largest absolute Gasteiger partial charge is 0.494 e. The molecule has 0 radical (unpaired) electrons. The fourth-order valence-electron chi connectivity index (χ4n) is 2.88. The molecule has 2 aromatic rings. The Morgan fingerprint density at radius 2 is 1.89 bits per heavy atom. The van der Waals surface area contributed by atoms with Crippen molar-refractivity contribution in [2.75, 3.05) is 20.2 Å². The molecule has 0 fully saturated rings. The van der Waals surface area contributed by atoms with Crippen molar-refractivity contribution in [3.63, 3.8) is 0 Å². The Morgan fingerprint density at radius 3 is 2.41 bits per heavy atom. The summed E-state index contributed by atoms with van der Waals surface area (Å²) in [5.74, 6) is 1.80. The maximum absolute atomic E-state index is 5.51.